The van der Waals surface area contributed by atoms with Gasteiger partial charge in [-0.15, -0.1) is 11.3 Å². The number of amides is 1. The number of nitrogens with zero attached hydrogens (tertiary/aromatic N) is 2. The molecule has 1 aliphatic rings. The molecule has 0 fully saturated rings. The molecule has 30 heavy (non-hydrogen) atoms. The molecule has 3 aromatic rings. The fourth-order valence-corrected chi connectivity index (χ4v) is 4.46. The van der Waals surface area contributed by atoms with Crippen LogP contribution in [0.15, 0.2) is 58.4 Å². The highest BCUT2D eigenvalue weighted by atomic mass is 32.1. The molecule has 8 heteroatoms. The van der Waals surface area contributed by atoms with Gasteiger partial charge in [-0.05, 0) is 43.7 Å². The van der Waals surface area contributed by atoms with Crippen LogP contribution in [0, 0.1) is 13.8 Å². The van der Waals surface area contributed by atoms with Gasteiger partial charge in [-0.3, -0.25) is 9.59 Å². The number of aromatic nitrogens is 1. The summed E-state index contributed by atoms with van der Waals surface area (Å²) in [6, 6.07) is 9.79. The number of hydrogen-bond acceptors (Lipinski definition) is 7. The lowest BCUT2D eigenvalue weighted by molar-refractivity contribution is -0.130. The Hall–Kier alpha value is -3.39. The van der Waals surface area contributed by atoms with Crippen molar-refractivity contribution in [1.29, 1.82) is 0 Å². The van der Waals surface area contributed by atoms with Gasteiger partial charge in [0.05, 0.1) is 34.5 Å². The number of furan rings is 1. The van der Waals surface area contributed by atoms with E-state index < -0.39 is 23.5 Å². The second kappa shape index (κ2) is 7.79. The number of Topliss-reactive ketones (excluding diaryl/α,β-unsaturated/α-hetero) is 1. The third kappa shape index (κ3) is 3.39. The molecule has 154 valence electrons. The summed E-state index contributed by atoms with van der Waals surface area (Å²) in [5.74, 6) is -0.484. The van der Waals surface area contributed by atoms with Gasteiger partial charge in [0.1, 0.15) is 17.6 Å². The predicted octanol–water partition coefficient (Wildman–Crippen LogP) is 4.14. The van der Waals surface area contributed by atoms with E-state index in [1.807, 2.05) is 19.1 Å². The molecule has 1 atom stereocenters. The van der Waals surface area contributed by atoms with Crippen LogP contribution >= 0.6 is 11.3 Å². The number of carbonyl (C=O) groups excluding carboxylic acids is 2. The van der Waals surface area contributed by atoms with Gasteiger partial charge in [0.25, 0.3) is 5.91 Å². The monoisotopic (exact) mass is 424 g/mol. The number of thiazole rings is 1. The Morgan fingerprint density at radius 2 is 2.00 bits per heavy atom. The van der Waals surface area contributed by atoms with E-state index in [9.17, 15) is 14.7 Å². The number of benzene rings is 1. The van der Waals surface area contributed by atoms with Crippen molar-refractivity contribution < 1.29 is 23.8 Å². The van der Waals surface area contributed by atoms with E-state index in [0.29, 0.717) is 22.1 Å². The van der Waals surface area contributed by atoms with Crippen molar-refractivity contribution >= 4 is 23.0 Å². The molecule has 1 aromatic carbocycles. The van der Waals surface area contributed by atoms with Gasteiger partial charge in [0, 0.05) is 6.54 Å². The highest BCUT2D eigenvalue weighted by molar-refractivity contribution is 7.14. The molecule has 1 unspecified atom stereocenters. The summed E-state index contributed by atoms with van der Waals surface area (Å²) in [6.07, 6.45) is 1.48. The zero-order valence-electron chi connectivity index (χ0n) is 16.7. The van der Waals surface area contributed by atoms with Crippen molar-refractivity contribution in [2.24, 2.45) is 0 Å². The molecule has 1 N–H and O–H groups in total. The number of aliphatic hydroxyl groups is 1. The average molecular weight is 424 g/mol. The molecule has 0 radical (unpaired) electrons. The predicted molar refractivity (Wildman–Crippen MR) is 111 cm³/mol. The molecule has 1 aliphatic heterocycles. The van der Waals surface area contributed by atoms with Gasteiger partial charge in [-0.2, -0.15) is 0 Å². The van der Waals surface area contributed by atoms with E-state index in [1.54, 1.807) is 38.3 Å². The molecule has 0 spiro atoms. The Kier molecular flexibility index (Phi) is 5.17. The van der Waals surface area contributed by atoms with E-state index in [4.69, 9.17) is 9.15 Å². The summed E-state index contributed by atoms with van der Waals surface area (Å²) in [6.45, 7) is 3.74. The molecule has 1 amide bonds. The molecule has 3 heterocycles. The minimum absolute atomic E-state index is 0.00946. The SMILES string of the molecule is COc1ccc(CN2C(=O)C(O)=C(C(=O)c3sc(C)nc3C)C2c2ccco2)cc1. The first kappa shape index (κ1) is 19.9. The minimum atomic E-state index is -0.830. The summed E-state index contributed by atoms with van der Waals surface area (Å²) in [7, 11) is 1.58. The van der Waals surface area contributed by atoms with Gasteiger partial charge >= 0.3 is 0 Å². The van der Waals surface area contributed by atoms with Gasteiger partial charge in [0.15, 0.2) is 5.76 Å². The third-order valence-corrected chi connectivity index (χ3v) is 6.05. The van der Waals surface area contributed by atoms with E-state index in [-0.39, 0.29) is 12.1 Å². The molecular formula is C22H20N2O5S. The molecular weight excluding hydrogens is 404 g/mol. The van der Waals surface area contributed by atoms with Crippen LogP contribution in [0.3, 0.4) is 0 Å². The maximum Gasteiger partial charge on any atom is 0.290 e. The Bertz CT molecular complexity index is 1130. The van der Waals surface area contributed by atoms with Crippen molar-refractivity contribution in [3.05, 3.63) is 80.9 Å². The van der Waals surface area contributed by atoms with Crippen LogP contribution < -0.4 is 4.74 Å². The quantitative estimate of drug-likeness (QED) is 0.598. The first-order valence-corrected chi connectivity index (χ1v) is 10.1. The van der Waals surface area contributed by atoms with E-state index >= 15 is 0 Å². The maximum absolute atomic E-state index is 13.3. The summed E-state index contributed by atoms with van der Waals surface area (Å²) in [4.78, 5) is 32.4. The molecule has 7 nitrogen and oxygen atoms in total. The van der Waals surface area contributed by atoms with E-state index in [0.717, 1.165) is 10.6 Å². The smallest absolute Gasteiger partial charge is 0.290 e. The standard InChI is InChI=1S/C22H20N2O5S/c1-12-21(30-13(2)23-12)19(25)17-18(16-5-4-10-29-16)24(22(27)20(17)26)11-14-6-8-15(28-3)9-7-14/h4-10,18,26H,11H2,1-3H3. The topological polar surface area (TPSA) is 92.9 Å². The number of rotatable bonds is 6. The number of ketones is 1. The first-order chi connectivity index (χ1) is 14.4. The molecule has 2 aromatic heterocycles. The van der Waals surface area contributed by atoms with Crippen molar-refractivity contribution in [2.75, 3.05) is 7.11 Å². The van der Waals surface area contributed by atoms with Gasteiger partial charge < -0.3 is 19.2 Å². The van der Waals surface area contributed by atoms with Crippen LogP contribution in [0.2, 0.25) is 0 Å². The number of carbonyl (C=O) groups is 2. The number of hydrogen-bond donors (Lipinski definition) is 1. The molecule has 0 aliphatic carbocycles. The van der Waals surface area contributed by atoms with Crippen molar-refractivity contribution in [3.63, 3.8) is 0 Å². The maximum atomic E-state index is 13.3. The fourth-order valence-electron chi connectivity index (χ4n) is 3.58. The number of methoxy groups -OCH3 is 1. The Morgan fingerprint density at radius 3 is 2.57 bits per heavy atom. The first-order valence-electron chi connectivity index (χ1n) is 9.30. The minimum Gasteiger partial charge on any atom is -0.503 e. The third-order valence-electron chi connectivity index (χ3n) is 4.98. The average Bonchev–Trinajstić information content (AvgIpc) is 3.43. The van der Waals surface area contributed by atoms with E-state index in [2.05, 4.69) is 4.98 Å². The summed E-state index contributed by atoms with van der Waals surface area (Å²) in [5, 5.41) is 11.4. The highest BCUT2D eigenvalue weighted by Crippen LogP contribution is 2.41. The second-order valence-corrected chi connectivity index (χ2v) is 8.14. The van der Waals surface area contributed by atoms with Crippen molar-refractivity contribution in [1.82, 2.24) is 9.88 Å². The zero-order valence-corrected chi connectivity index (χ0v) is 17.5. The lowest BCUT2D eigenvalue weighted by Gasteiger charge is -2.25. The van der Waals surface area contributed by atoms with Crippen LogP contribution in [0.25, 0.3) is 0 Å². The second-order valence-electron chi connectivity index (χ2n) is 6.94. The lowest BCUT2D eigenvalue weighted by atomic mass is 9.99. The summed E-state index contributed by atoms with van der Waals surface area (Å²) < 4.78 is 10.7. The van der Waals surface area contributed by atoms with Gasteiger partial charge in [0.2, 0.25) is 5.78 Å². The van der Waals surface area contributed by atoms with Gasteiger partial charge in [-0.25, -0.2) is 4.98 Å². The molecule has 0 saturated heterocycles. The number of aliphatic hydroxyl groups excluding tert-OH is 1. The zero-order chi connectivity index (χ0) is 21.4. The van der Waals surface area contributed by atoms with Crippen LogP contribution in [-0.2, 0) is 11.3 Å². The highest BCUT2D eigenvalue weighted by Gasteiger charge is 2.45. The summed E-state index contributed by atoms with van der Waals surface area (Å²) in [5.41, 5.74) is 1.41. The Labute approximate surface area is 177 Å². The Morgan fingerprint density at radius 1 is 1.27 bits per heavy atom. The normalized spacial score (nSPS) is 16.4. The molecule has 0 saturated carbocycles. The number of ether oxygens (including phenoxy) is 1. The van der Waals surface area contributed by atoms with Crippen LogP contribution in [0.5, 0.6) is 5.75 Å². The van der Waals surface area contributed by atoms with E-state index in [1.165, 1.54) is 22.5 Å². The van der Waals surface area contributed by atoms with Crippen molar-refractivity contribution in [2.45, 2.75) is 26.4 Å². The lowest BCUT2D eigenvalue weighted by Crippen LogP contribution is -2.30. The summed E-state index contributed by atoms with van der Waals surface area (Å²) >= 11 is 1.24. The molecule has 0 bridgehead atoms. The fraction of sp³-hybridized carbons (Fsp3) is 0.227. The van der Waals surface area contributed by atoms with Crippen LogP contribution in [-0.4, -0.2) is 33.8 Å². The van der Waals surface area contributed by atoms with Crippen molar-refractivity contribution in [3.8, 4) is 5.75 Å². The van der Waals surface area contributed by atoms with Crippen LogP contribution in [0.1, 0.15) is 37.7 Å². The largest absolute Gasteiger partial charge is 0.503 e. The number of aryl methyl sites for hydroxylation is 2. The molecule has 4 rings (SSSR count). The van der Waals surface area contributed by atoms with Crippen LogP contribution in [0.4, 0.5) is 0 Å². The van der Waals surface area contributed by atoms with Gasteiger partial charge in [-0.1, -0.05) is 12.1 Å². The Balaban J connectivity index is 1.74.